The Morgan fingerprint density at radius 1 is 1.00 bits per heavy atom. The van der Waals surface area contributed by atoms with Crippen LogP contribution in [0, 0.1) is 6.92 Å². The summed E-state index contributed by atoms with van der Waals surface area (Å²) in [6, 6.07) is 17.6. The summed E-state index contributed by atoms with van der Waals surface area (Å²) in [7, 11) is -2.86. The molecule has 0 saturated carbocycles. The second-order valence-corrected chi connectivity index (χ2v) is 14.3. The minimum atomic E-state index is -1.54. The van der Waals surface area contributed by atoms with Gasteiger partial charge in [0.15, 0.2) is 5.78 Å². The molecule has 2 rings (SSSR count). The molecule has 0 fully saturated rings. The Morgan fingerprint density at radius 2 is 1.57 bits per heavy atom. The molecule has 4 heteroatoms. The highest BCUT2D eigenvalue weighted by Gasteiger charge is 2.32. The van der Waals surface area contributed by atoms with Crippen molar-refractivity contribution in [2.45, 2.75) is 42.8 Å². The number of hydrogen-bond donors (Lipinski definition) is 0. The zero-order valence-corrected chi connectivity index (χ0v) is 16.0. The number of aryl methyl sites for hydroxylation is 1. The lowest BCUT2D eigenvalue weighted by atomic mass is 10.1. The van der Waals surface area contributed by atoms with Crippen molar-refractivity contribution in [3.05, 3.63) is 65.7 Å². The first-order valence-corrected chi connectivity index (χ1v) is 12.8. The molecule has 2 atom stereocenters. The number of ketones is 1. The van der Waals surface area contributed by atoms with Crippen LogP contribution in [0.2, 0.25) is 25.7 Å². The van der Waals surface area contributed by atoms with Crippen LogP contribution in [0.1, 0.15) is 15.9 Å². The van der Waals surface area contributed by atoms with E-state index in [0.717, 1.165) is 16.5 Å². The van der Waals surface area contributed by atoms with E-state index >= 15 is 0 Å². The third kappa shape index (κ3) is 4.98. The number of benzene rings is 2. The minimum absolute atomic E-state index is 0.00747. The van der Waals surface area contributed by atoms with Gasteiger partial charge in [0.05, 0.1) is 10.8 Å². The van der Waals surface area contributed by atoms with Gasteiger partial charge < -0.3 is 0 Å². The van der Waals surface area contributed by atoms with E-state index in [-0.39, 0.29) is 5.78 Å². The molecule has 0 saturated heterocycles. The van der Waals surface area contributed by atoms with E-state index in [1.54, 1.807) is 0 Å². The minimum Gasteiger partial charge on any atom is -0.293 e. The molecule has 0 unspecified atom stereocenters. The van der Waals surface area contributed by atoms with Crippen LogP contribution in [0.25, 0.3) is 0 Å². The highest BCUT2D eigenvalue weighted by atomic mass is 32.2. The maximum absolute atomic E-state index is 13.1. The fourth-order valence-electron chi connectivity index (χ4n) is 2.45. The number of hydrogen-bond acceptors (Lipinski definition) is 2. The van der Waals surface area contributed by atoms with Crippen molar-refractivity contribution in [2.75, 3.05) is 0 Å². The van der Waals surface area contributed by atoms with Gasteiger partial charge in [0, 0.05) is 18.5 Å². The molecule has 0 aliphatic carbocycles. The summed E-state index contributed by atoms with van der Waals surface area (Å²) in [5, 5.41) is -0.466. The Labute approximate surface area is 142 Å². The maximum atomic E-state index is 13.1. The number of carbonyl (C=O) groups is 1. The highest BCUT2D eigenvalue weighted by Crippen LogP contribution is 2.24. The summed E-state index contributed by atoms with van der Waals surface area (Å²) in [4.78, 5) is 13.7. The smallest absolute Gasteiger partial charge is 0.178 e. The van der Waals surface area contributed by atoms with Crippen molar-refractivity contribution in [2.24, 2.45) is 0 Å². The fraction of sp³-hybridized carbons (Fsp3) is 0.316. The van der Waals surface area contributed by atoms with Crippen LogP contribution in [0.4, 0.5) is 0 Å². The molecule has 0 radical (unpaired) electrons. The van der Waals surface area contributed by atoms with Crippen molar-refractivity contribution < 1.29 is 9.00 Å². The molecule has 0 aromatic heterocycles. The van der Waals surface area contributed by atoms with Gasteiger partial charge in [0.1, 0.15) is 5.25 Å². The van der Waals surface area contributed by atoms with Crippen LogP contribution in [0.5, 0.6) is 0 Å². The Kier molecular flexibility index (Phi) is 5.71. The third-order valence-electron chi connectivity index (χ3n) is 3.66. The molecule has 0 spiro atoms. The predicted molar refractivity (Wildman–Crippen MR) is 100 cm³/mol. The largest absolute Gasteiger partial charge is 0.293 e. The Morgan fingerprint density at radius 3 is 2.09 bits per heavy atom. The molecule has 0 bridgehead atoms. The standard InChI is InChI=1S/C19H24O2SSi/c1-15-10-12-17(13-11-15)22(21)18(14-23(2,3)4)19(20)16-8-6-5-7-9-16/h5-13,18H,14H2,1-4H3/t18-,22-/m0/s1. The summed E-state index contributed by atoms with van der Waals surface area (Å²) in [6.45, 7) is 8.64. The lowest BCUT2D eigenvalue weighted by Gasteiger charge is -2.23. The predicted octanol–water partition coefficient (Wildman–Crippen LogP) is 4.69. The van der Waals surface area contributed by atoms with Gasteiger partial charge >= 0.3 is 0 Å². The van der Waals surface area contributed by atoms with Gasteiger partial charge in [0.25, 0.3) is 0 Å². The second kappa shape index (κ2) is 7.36. The normalized spacial score (nSPS) is 14.3. The molecule has 0 N–H and O–H groups in total. The molecule has 0 aliphatic rings. The molecule has 122 valence electrons. The first kappa shape index (κ1) is 17.8. The second-order valence-electron chi connectivity index (χ2n) is 7.09. The first-order chi connectivity index (χ1) is 10.8. The van der Waals surface area contributed by atoms with Gasteiger partial charge in [0.2, 0.25) is 0 Å². The number of Topliss-reactive ketones (excluding diaryl/α,β-unsaturated/α-hetero) is 1. The number of carbonyl (C=O) groups excluding carboxylic acids is 1. The molecule has 0 amide bonds. The van der Waals surface area contributed by atoms with Gasteiger partial charge in [-0.25, -0.2) is 0 Å². The summed E-state index contributed by atoms with van der Waals surface area (Å²) < 4.78 is 13.1. The zero-order valence-electron chi connectivity index (χ0n) is 14.2. The van der Waals surface area contributed by atoms with Crippen LogP contribution in [0.15, 0.2) is 59.5 Å². The topological polar surface area (TPSA) is 34.1 Å². The first-order valence-electron chi connectivity index (χ1n) is 7.84. The Bertz CT molecular complexity index is 688. The van der Waals surface area contributed by atoms with E-state index in [1.165, 1.54) is 0 Å². The van der Waals surface area contributed by atoms with Crippen molar-refractivity contribution in [1.29, 1.82) is 0 Å². The quantitative estimate of drug-likeness (QED) is 0.562. The Balaban J connectivity index is 2.36. The van der Waals surface area contributed by atoms with Crippen LogP contribution < -0.4 is 0 Å². The third-order valence-corrected chi connectivity index (χ3v) is 7.22. The van der Waals surface area contributed by atoms with Crippen LogP contribution in [0.3, 0.4) is 0 Å². The maximum Gasteiger partial charge on any atom is 0.178 e. The summed E-state index contributed by atoms with van der Waals surface area (Å²) in [6.07, 6.45) is 0. The Hall–Kier alpha value is -1.52. The van der Waals surface area contributed by atoms with Crippen molar-refractivity contribution in [1.82, 2.24) is 0 Å². The van der Waals surface area contributed by atoms with Crippen molar-refractivity contribution in [3.63, 3.8) is 0 Å². The van der Waals surface area contributed by atoms with E-state index in [4.69, 9.17) is 0 Å². The SMILES string of the molecule is Cc1ccc([S@](=O)[C@@H](C[Si](C)(C)C)C(=O)c2ccccc2)cc1. The van der Waals surface area contributed by atoms with Gasteiger partial charge in [-0.1, -0.05) is 67.7 Å². The van der Waals surface area contributed by atoms with Gasteiger partial charge in [-0.15, -0.1) is 0 Å². The van der Waals surface area contributed by atoms with Crippen LogP contribution in [-0.4, -0.2) is 23.3 Å². The van der Waals surface area contributed by atoms with E-state index in [0.29, 0.717) is 5.56 Å². The van der Waals surface area contributed by atoms with Gasteiger partial charge in [-0.3, -0.25) is 9.00 Å². The fourth-order valence-corrected chi connectivity index (χ4v) is 6.91. The molecular weight excluding hydrogens is 320 g/mol. The highest BCUT2D eigenvalue weighted by molar-refractivity contribution is 7.86. The van der Waals surface area contributed by atoms with Crippen LogP contribution >= 0.6 is 0 Å². The molecule has 2 aromatic carbocycles. The average molecular weight is 345 g/mol. The van der Waals surface area contributed by atoms with E-state index in [1.807, 2.05) is 61.5 Å². The lowest BCUT2D eigenvalue weighted by molar-refractivity contribution is 0.0992. The van der Waals surface area contributed by atoms with Crippen molar-refractivity contribution >= 4 is 24.7 Å². The summed E-state index contributed by atoms with van der Waals surface area (Å²) in [5.74, 6) is -0.00747. The molecular formula is C19H24O2SSi. The molecule has 0 heterocycles. The van der Waals surface area contributed by atoms with Gasteiger partial charge in [-0.05, 0) is 25.1 Å². The molecule has 23 heavy (non-hydrogen) atoms. The van der Waals surface area contributed by atoms with Crippen molar-refractivity contribution in [3.8, 4) is 0 Å². The van der Waals surface area contributed by atoms with Crippen LogP contribution in [-0.2, 0) is 10.8 Å². The summed E-state index contributed by atoms with van der Waals surface area (Å²) >= 11 is 0. The molecule has 2 aromatic rings. The monoisotopic (exact) mass is 344 g/mol. The van der Waals surface area contributed by atoms with Gasteiger partial charge in [-0.2, -0.15) is 0 Å². The van der Waals surface area contributed by atoms with E-state index in [9.17, 15) is 9.00 Å². The molecule has 0 aliphatic heterocycles. The zero-order chi connectivity index (χ0) is 17.0. The van der Waals surface area contributed by atoms with E-state index < -0.39 is 24.1 Å². The average Bonchev–Trinajstić information content (AvgIpc) is 2.52. The van der Waals surface area contributed by atoms with E-state index in [2.05, 4.69) is 19.6 Å². The number of rotatable bonds is 6. The molecule has 2 nitrogen and oxygen atoms in total. The summed E-state index contributed by atoms with van der Waals surface area (Å²) in [5.41, 5.74) is 1.78. The lowest BCUT2D eigenvalue weighted by Crippen LogP contribution is -2.35.